The van der Waals surface area contributed by atoms with Gasteiger partial charge in [0.05, 0.1) is 11.3 Å². The van der Waals surface area contributed by atoms with Gasteiger partial charge in [-0.3, -0.25) is 14.5 Å². The number of hydrogen-bond acceptors (Lipinski definition) is 4. The van der Waals surface area contributed by atoms with Gasteiger partial charge in [-0.05, 0) is 42.7 Å². The Morgan fingerprint density at radius 3 is 2.61 bits per heavy atom. The number of benzene rings is 2. The van der Waals surface area contributed by atoms with Gasteiger partial charge in [0.15, 0.2) is 6.10 Å². The lowest BCUT2D eigenvalue weighted by Crippen LogP contribution is -2.47. The van der Waals surface area contributed by atoms with Crippen LogP contribution < -0.4 is 15.0 Å². The van der Waals surface area contributed by atoms with Crippen molar-refractivity contribution < 1.29 is 24.2 Å². The van der Waals surface area contributed by atoms with E-state index < -0.39 is 18.0 Å². The number of nitrogens with one attached hydrogen (secondary N) is 1. The molecule has 146 valence electrons. The Hall–Kier alpha value is -3.35. The Labute approximate surface area is 162 Å². The van der Waals surface area contributed by atoms with Crippen LogP contribution in [0, 0.1) is 0 Å². The van der Waals surface area contributed by atoms with Crippen LogP contribution in [0.4, 0.5) is 11.4 Å². The molecule has 1 unspecified atom stereocenters. The Morgan fingerprint density at radius 2 is 1.93 bits per heavy atom. The Balaban J connectivity index is 1.87. The van der Waals surface area contributed by atoms with E-state index in [-0.39, 0.29) is 29.6 Å². The average molecular weight is 382 g/mol. The summed E-state index contributed by atoms with van der Waals surface area (Å²) in [5.41, 5.74) is 1.97. The number of hydrogen-bond donors (Lipinski definition) is 2. The van der Waals surface area contributed by atoms with E-state index in [1.807, 2.05) is 38.1 Å². The number of amides is 2. The van der Waals surface area contributed by atoms with Crippen molar-refractivity contribution in [1.82, 2.24) is 0 Å². The van der Waals surface area contributed by atoms with Crippen molar-refractivity contribution in [2.24, 2.45) is 0 Å². The molecule has 0 aromatic heterocycles. The highest BCUT2D eigenvalue weighted by molar-refractivity contribution is 6.07. The summed E-state index contributed by atoms with van der Waals surface area (Å²) >= 11 is 0. The van der Waals surface area contributed by atoms with Gasteiger partial charge in [0, 0.05) is 5.69 Å². The summed E-state index contributed by atoms with van der Waals surface area (Å²) in [4.78, 5) is 37.8. The van der Waals surface area contributed by atoms with E-state index >= 15 is 0 Å². The third kappa shape index (κ3) is 3.83. The molecule has 2 aromatic rings. The number of aromatic carboxylic acids is 1. The van der Waals surface area contributed by atoms with Gasteiger partial charge in [-0.2, -0.15) is 0 Å². The maximum absolute atomic E-state index is 12.7. The van der Waals surface area contributed by atoms with Gasteiger partial charge in [-0.15, -0.1) is 0 Å². The van der Waals surface area contributed by atoms with Crippen LogP contribution in [0.15, 0.2) is 42.5 Å². The molecule has 7 nitrogen and oxygen atoms in total. The predicted octanol–water partition coefficient (Wildman–Crippen LogP) is 3.26. The van der Waals surface area contributed by atoms with E-state index in [2.05, 4.69) is 5.32 Å². The molecule has 2 aromatic carbocycles. The number of fused-ring (bicyclic) bond motifs is 1. The van der Waals surface area contributed by atoms with E-state index in [9.17, 15) is 19.5 Å². The third-order valence-corrected chi connectivity index (χ3v) is 4.57. The van der Waals surface area contributed by atoms with Crippen molar-refractivity contribution in [2.75, 3.05) is 16.8 Å². The van der Waals surface area contributed by atoms with Crippen LogP contribution in [0.25, 0.3) is 0 Å². The first-order valence-corrected chi connectivity index (χ1v) is 9.02. The summed E-state index contributed by atoms with van der Waals surface area (Å²) in [5, 5.41) is 12.1. The first-order valence-electron chi connectivity index (χ1n) is 9.02. The molecule has 0 bridgehead atoms. The number of carbonyl (C=O) groups excluding carboxylic acids is 2. The SMILES string of the molecule is CC1Oc2ccc(C(=O)O)cc2N(CC(=O)Nc2ccccc2C(C)C)C1=O. The topological polar surface area (TPSA) is 95.9 Å². The van der Waals surface area contributed by atoms with E-state index in [1.165, 1.54) is 23.1 Å². The maximum Gasteiger partial charge on any atom is 0.335 e. The van der Waals surface area contributed by atoms with Crippen molar-refractivity contribution in [3.63, 3.8) is 0 Å². The minimum absolute atomic E-state index is 0.0141. The molecule has 3 rings (SSSR count). The number of anilines is 2. The van der Waals surface area contributed by atoms with E-state index in [4.69, 9.17) is 4.74 Å². The Kier molecular flexibility index (Phi) is 5.35. The van der Waals surface area contributed by atoms with Crippen molar-refractivity contribution in [1.29, 1.82) is 0 Å². The normalized spacial score (nSPS) is 15.8. The van der Waals surface area contributed by atoms with Crippen LogP contribution in [0.3, 0.4) is 0 Å². The fourth-order valence-corrected chi connectivity index (χ4v) is 3.15. The predicted molar refractivity (Wildman–Crippen MR) is 105 cm³/mol. The molecule has 2 N–H and O–H groups in total. The molecule has 0 spiro atoms. The molecular weight excluding hydrogens is 360 g/mol. The van der Waals surface area contributed by atoms with Gasteiger partial charge >= 0.3 is 5.97 Å². The lowest BCUT2D eigenvalue weighted by molar-refractivity contribution is -0.127. The van der Waals surface area contributed by atoms with Gasteiger partial charge in [-0.1, -0.05) is 32.0 Å². The zero-order valence-corrected chi connectivity index (χ0v) is 15.9. The highest BCUT2D eigenvalue weighted by Gasteiger charge is 2.33. The quantitative estimate of drug-likeness (QED) is 0.827. The van der Waals surface area contributed by atoms with Crippen molar-refractivity contribution in [3.05, 3.63) is 53.6 Å². The molecule has 0 aliphatic carbocycles. The smallest absolute Gasteiger partial charge is 0.335 e. The summed E-state index contributed by atoms with van der Waals surface area (Å²) in [5.74, 6) is -1.30. The Morgan fingerprint density at radius 1 is 1.21 bits per heavy atom. The summed E-state index contributed by atoms with van der Waals surface area (Å²) < 4.78 is 5.54. The molecule has 0 fully saturated rings. The molecule has 2 amide bonds. The number of carboxylic acids is 1. The Bertz CT molecular complexity index is 938. The van der Waals surface area contributed by atoms with Gasteiger partial charge in [0.25, 0.3) is 5.91 Å². The second-order valence-electron chi connectivity index (χ2n) is 6.96. The van der Waals surface area contributed by atoms with Crippen LogP contribution in [0.5, 0.6) is 5.75 Å². The number of nitrogens with zero attached hydrogens (tertiary/aromatic N) is 1. The van der Waals surface area contributed by atoms with Crippen molar-refractivity contribution >= 4 is 29.2 Å². The fourth-order valence-electron chi connectivity index (χ4n) is 3.15. The van der Waals surface area contributed by atoms with Crippen LogP contribution in [0.2, 0.25) is 0 Å². The van der Waals surface area contributed by atoms with Crippen LogP contribution in [-0.4, -0.2) is 35.5 Å². The second-order valence-corrected chi connectivity index (χ2v) is 6.96. The molecule has 1 atom stereocenters. The number of carbonyl (C=O) groups is 3. The minimum atomic E-state index is -1.12. The van der Waals surface area contributed by atoms with E-state index in [0.29, 0.717) is 11.4 Å². The number of rotatable bonds is 5. The lowest BCUT2D eigenvalue weighted by Gasteiger charge is -2.32. The molecule has 1 aliphatic rings. The average Bonchev–Trinajstić information content (AvgIpc) is 2.65. The summed E-state index contributed by atoms with van der Waals surface area (Å²) in [6, 6.07) is 11.7. The standard InChI is InChI=1S/C21H22N2O5/c1-12(2)15-6-4-5-7-16(15)22-19(24)11-23-17-10-14(21(26)27)8-9-18(17)28-13(3)20(23)25/h4-10,12-13H,11H2,1-3H3,(H,22,24)(H,26,27). The van der Waals surface area contributed by atoms with Gasteiger partial charge in [0.2, 0.25) is 5.91 Å². The molecule has 1 heterocycles. The molecule has 28 heavy (non-hydrogen) atoms. The molecule has 7 heteroatoms. The van der Waals surface area contributed by atoms with Gasteiger partial charge in [0.1, 0.15) is 12.3 Å². The highest BCUT2D eigenvalue weighted by Crippen LogP contribution is 2.35. The first-order chi connectivity index (χ1) is 13.3. The van der Waals surface area contributed by atoms with Crippen LogP contribution in [0.1, 0.15) is 42.6 Å². The molecular formula is C21H22N2O5. The summed E-state index contributed by atoms with van der Waals surface area (Å²) in [6.45, 7) is 5.41. The largest absolute Gasteiger partial charge is 0.479 e. The molecule has 0 radical (unpaired) electrons. The summed E-state index contributed by atoms with van der Waals surface area (Å²) in [7, 11) is 0. The molecule has 0 saturated heterocycles. The van der Waals surface area contributed by atoms with E-state index in [1.54, 1.807) is 6.92 Å². The number of carboxylic acid groups (broad SMARTS) is 1. The minimum Gasteiger partial charge on any atom is -0.479 e. The number of para-hydroxylation sites is 1. The third-order valence-electron chi connectivity index (χ3n) is 4.57. The zero-order valence-electron chi connectivity index (χ0n) is 15.9. The second kappa shape index (κ2) is 7.72. The molecule has 1 aliphatic heterocycles. The van der Waals surface area contributed by atoms with Crippen LogP contribution in [-0.2, 0) is 9.59 Å². The summed E-state index contributed by atoms with van der Waals surface area (Å²) in [6.07, 6.45) is -0.765. The van der Waals surface area contributed by atoms with Crippen molar-refractivity contribution in [2.45, 2.75) is 32.8 Å². The van der Waals surface area contributed by atoms with Crippen molar-refractivity contribution in [3.8, 4) is 5.75 Å². The van der Waals surface area contributed by atoms with E-state index in [0.717, 1.165) is 5.56 Å². The van der Waals surface area contributed by atoms with Gasteiger partial charge in [-0.25, -0.2) is 4.79 Å². The van der Waals surface area contributed by atoms with Gasteiger partial charge < -0.3 is 15.2 Å². The highest BCUT2D eigenvalue weighted by atomic mass is 16.5. The zero-order chi connectivity index (χ0) is 20.4. The lowest BCUT2D eigenvalue weighted by atomic mass is 10.0. The van der Waals surface area contributed by atoms with Crippen LogP contribution >= 0.6 is 0 Å². The fraction of sp³-hybridized carbons (Fsp3) is 0.286. The number of ether oxygens (including phenoxy) is 1. The maximum atomic E-state index is 12.7. The first kappa shape index (κ1) is 19.4. The molecule has 0 saturated carbocycles. The monoisotopic (exact) mass is 382 g/mol.